The van der Waals surface area contributed by atoms with E-state index in [9.17, 15) is 9.90 Å². The Labute approximate surface area is 151 Å². The van der Waals surface area contributed by atoms with Crippen molar-refractivity contribution in [3.8, 4) is 11.3 Å². The van der Waals surface area contributed by atoms with E-state index in [2.05, 4.69) is 41.1 Å². The third kappa shape index (κ3) is 3.07. The normalized spacial score (nSPS) is 10.8. The zero-order chi connectivity index (χ0) is 17.9. The zero-order valence-electron chi connectivity index (χ0n) is 14.2. The van der Waals surface area contributed by atoms with E-state index in [1.807, 2.05) is 36.4 Å². The van der Waals surface area contributed by atoms with Crippen molar-refractivity contribution in [3.63, 3.8) is 0 Å². The molecule has 3 nitrogen and oxygen atoms in total. The van der Waals surface area contributed by atoms with Gasteiger partial charge >= 0.3 is 5.97 Å². The largest absolute Gasteiger partial charge is 0.478 e. The Morgan fingerprint density at radius 3 is 2.42 bits per heavy atom. The molecule has 1 aromatic heterocycles. The van der Waals surface area contributed by atoms with Crippen molar-refractivity contribution in [2.75, 3.05) is 0 Å². The van der Waals surface area contributed by atoms with Crippen LogP contribution in [0.1, 0.15) is 15.9 Å². The molecule has 0 bridgehead atoms. The SMILES string of the molecule is O=C(O)c1cccc(-c2c3ccccc3cc[n+]2Cc2ccccc2)c1. The molecule has 0 radical (unpaired) electrons. The molecule has 0 saturated carbocycles. The first-order chi connectivity index (χ1) is 12.7. The zero-order valence-corrected chi connectivity index (χ0v) is 14.2. The molecule has 126 valence electrons. The minimum Gasteiger partial charge on any atom is -0.478 e. The summed E-state index contributed by atoms with van der Waals surface area (Å²) in [6.07, 6.45) is 2.07. The molecule has 0 atom stereocenters. The Bertz CT molecular complexity index is 1090. The highest BCUT2D eigenvalue weighted by Gasteiger charge is 2.19. The smallest absolute Gasteiger partial charge is 0.335 e. The molecule has 0 fully saturated rings. The molecule has 4 rings (SSSR count). The van der Waals surface area contributed by atoms with Gasteiger partial charge in [-0.3, -0.25) is 0 Å². The first kappa shape index (κ1) is 16.0. The van der Waals surface area contributed by atoms with Gasteiger partial charge in [-0.05, 0) is 29.7 Å². The number of carboxylic acid groups (broad SMARTS) is 1. The monoisotopic (exact) mass is 340 g/mol. The molecule has 0 saturated heterocycles. The summed E-state index contributed by atoms with van der Waals surface area (Å²) in [6.45, 7) is 0.721. The Morgan fingerprint density at radius 2 is 1.62 bits per heavy atom. The fraction of sp³-hybridized carbons (Fsp3) is 0.0435. The van der Waals surface area contributed by atoms with Crippen LogP contribution in [-0.2, 0) is 6.54 Å². The van der Waals surface area contributed by atoms with E-state index in [0.29, 0.717) is 5.56 Å². The molecular formula is C23H18NO2+. The minimum absolute atomic E-state index is 0.293. The van der Waals surface area contributed by atoms with Gasteiger partial charge in [-0.1, -0.05) is 54.6 Å². The molecule has 1 N–H and O–H groups in total. The summed E-state index contributed by atoms with van der Waals surface area (Å²) in [5.41, 5.74) is 3.41. The van der Waals surface area contributed by atoms with E-state index >= 15 is 0 Å². The van der Waals surface area contributed by atoms with Crippen molar-refractivity contribution in [2.45, 2.75) is 6.54 Å². The van der Waals surface area contributed by atoms with Crippen LogP contribution in [0.15, 0.2) is 91.1 Å². The lowest BCUT2D eigenvalue weighted by atomic mass is 10.0. The van der Waals surface area contributed by atoms with E-state index in [1.165, 1.54) is 5.56 Å². The van der Waals surface area contributed by atoms with Crippen molar-refractivity contribution >= 4 is 16.7 Å². The summed E-state index contributed by atoms with van der Waals surface area (Å²) in [5.74, 6) is -0.915. The molecule has 0 aliphatic carbocycles. The van der Waals surface area contributed by atoms with Crippen molar-refractivity contribution < 1.29 is 14.5 Å². The molecule has 0 aliphatic heterocycles. The number of benzene rings is 3. The van der Waals surface area contributed by atoms with Crippen LogP contribution >= 0.6 is 0 Å². The van der Waals surface area contributed by atoms with Gasteiger partial charge in [0.2, 0.25) is 5.69 Å². The van der Waals surface area contributed by atoms with Crippen LogP contribution in [0.2, 0.25) is 0 Å². The van der Waals surface area contributed by atoms with Crippen molar-refractivity contribution in [3.05, 3.63) is 102 Å². The van der Waals surface area contributed by atoms with Crippen LogP contribution in [0, 0.1) is 0 Å². The van der Waals surface area contributed by atoms with Gasteiger partial charge < -0.3 is 5.11 Å². The third-order valence-electron chi connectivity index (χ3n) is 4.52. The van der Waals surface area contributed by atoms with E-state index < -0.39 is 5.97 Å². The summed E-state index contributed by atoms with van der Waals surface area (Å²) >= 11 is 0. The highest BCUT2D eigenvalue weighted by molar-refractivity contribution is 5.95. The number of rotatable bonds is 4. The van der Waals surface area contributed by atoms with Crippen LogP contribution in [-0.4, -0.2) is 11.1 Å². The maximum Gasteiger partial charge on any atom is 0.335 e. The second-order valence-electron chi connectivity index (χ2n) is 6.25. The van der Waals surface area contributed by atoms with Gasteiger partial charge in [0.25, 0.3) is 0 Å². The molecule has 0 aliphatic rings. The van der Waals surface area contributed by atoms with Gasteiger partial charge in [0, 0.05) is 17.2 Å². The maximum absolute atomic E-state index is 11.4. The van der Waals surface area contributed by atoms with Crippen LogP contribution in [0.4, 0.5) is 0 Å². The first-order valence-electron chi connectivity index (χ1n) is 8.51. The fourth-order valence-corrected chi connectivity index (χ4v) is 3.29. The number of aromatic nitrogens is 1. The summed E-state index contributed by atoms with van der Waals surface area (Å²) in [5, 5.41) is 11.6. The number of hydrogen-bond donors (Lipinski definition) is 1. The number of hydrogen-bond acceptors (Lipinski definition) is 1. The number of fused-ring (bicyclic) bond motifs is 1. The van der Waals surface area contributed by atoms with Gasteiger partial charge in [0.05, 0.1) is 10.9 Å². The third-order valence-corrected chi connectivity index (χ3v) is 4.52. The van der Waals surface area contributed by atoms with Gasteiger partial charge in [-0.25, -0.2) is 4.79 Å². The van der Waals surface area contributed by atoms with Gasteiger partial charge in [0.15, 0.2) is 12.7 Å². The number of carboxylic acids is 1. The van der Waals surface area contributed by atoms with Crippen LogP contribution in [0.25, 0.3) is 22.0 Å². The molecule has 3 aromatic carbocycles. The summed E-state index contributed by atoms with van der Waals surface area (Å²) in [4.78, 5) is 11.4. The maximum atomic E-state index is 11.4. The fourth-order valence-electron chi connectivity index (χ4n) is 3.29. The van der Waals surface area contributed by atoms with E-state index in [-0.39, 0.29) is 0 Å². The first-order valence-corrected chi connectivity index (χ1v) is 8.51. The molecule has 1 heterocycles. The van der Waals surface area contributed by atoms with Crippen LogP contribution in [0.5, 0.6) is 0 Å². The van der Waals surface area contributed by atoms with Crippen molar-refractivity contribution in [1.29, 1.82) is 0 Å². The molecular weight excluding hydrogens is 322 g/mol. The number of pyridine rings is 1. The Kier molecular flexibility index (Phi) is 4.20. The Balaban J connectivity index is 1.94. The Morgan fingerprint density at radius 1 is 0.846 bits per heavy atom. The highest BCUT2D eigenvalue weighted by Crippen LogP contribution is 2.26. The molecule has 4 aromatic rings. The second kappa shape index (κ2) is 6.81. The number of carbonyl (C=O) groups is 1. The van der Waals surface area contributed by atoms with Gasteiger partial charge in [0.1, 0.15) is 0 Å². The molecule has 26 heavy (non-hydrogen) atoms. The molecule has 0 unspecified atom stereocenters. The lowest BCUT2D eigenvalue weighted by Gasteiger charge is -2.09. The lowest BCUT2D eigenvalue weighted by molar-refractivity contribution is -0.676. The van der Waals surface area contributed by atoms with Crippen molar-refractivity contribution in [2.24, 2.45) is 0 Å². The predicted molar refractivity (Wildman–Crippen MR) is 102 cm³/mol. The highest BCUT2D eigenvalue weighted by atomic mass is 16.4. The topological polar surface area (TPSA) is 41.2 Å². The second-order valence-corrected chi connectivity index (χ2v) is 6.25. The summed E-state index contributed by atoms with van der Waals surface area (Å²) in [6, 6.07) is 27.7. The number of nitrogens with zero attached hydrogens (tertiary/aromatic N) is 1. The summed E-state index contributed by atoms with van der Waals surface area (Å²) in [7, 11) is 0. The van der Waals surface area contributed by atoms with Gasteiger partial charge in [-0.2, -0.15) is 4.57 Å². The van der Waals surface area contributed by atoms with Crippen LogP contribution in [0.3, 0.4) is 0 Å². The molecule has 0 amide bonds. The average Bonchev–Trinajstić information content (AvgIpc) is 2.68. The molecule has 3 heteroatoms. The van der Waals surface area contributed by atoms with E-state index in [4.69, 9.17) is 0 Å². The molecule has 0 spiro atoms. The van der Waals surface area contributed by atoms with Crippen molar-refractivity contribution in [1.82, 2.24) is 0 Å². The Hall–Kier alpha value is -3.46. The lowest BCUT2D eigenvalue weighted by Crippen LogP contribution is -2.36. The number of aromatic carboxylic acids is 1. The van der Waals surface area contributed by atoms with E-state index in [0.717, 1.165) is 28.6 Å². The van der Waals surface area contributed by atoms with Crippen LogP contribution < -0.4 is 4.57 Å². The van der Waals surface area contributed by atoms with E-state index in [1.54, 1.807) is 18.2 Å². The standard InChI is InChI=1S/C23H17NO2/c25-23(26)20-11-6-10-19(15-20)22-21-12-5-4-9-18(21)13-14-24(22)16-17-7-2-1-3-8-17/h1-15H,16H2/p+1. The minimum atomic E-state index is -0.915. The quantitative estimate of drug-likeness (QED) is 0.554. The average molecular weight is 340 g/mol. The van der Waals surface area contributed by atoms with Gasteiger partial charge in [-0.15, -0.1) is 0 Å². The summed E-state index contributed by atoms with van der Waals surface area (Å²) < 4.78 is 2.18. The predicted octanol–water partition coefficient (Wildman–Crippen LogP) is 4.54.